The van der Waals surface area contributed by atoms with Crippen LogP contribution in [0.1, 0.15) is 11.1 Å². The molecule has 0 aliphatic rings. The van der Waals surface area contributed by atoms with Gasteiger partial charge in [-0.15, -0.1) is 0 Å². The molecule has 1 amide bonds. The average Bonchev–Trinajstić information content (AvgIpc) is 2.70. The van der Waals surface area contributed by atoms with Crippen LogP contribution < -0.4 is 9.61 Å². The Hall–Kier alpha value is -2.97. The number of para-hydroxylation sites is 1. The molecule has 0 aliphatic carbocycles. The fourth-order valence-electron chi connectivity index (χ4n) is 2.43. The number of benzene rings is 3. The van der Waals surface area contributed by atoms with Gasteiger partial charge >= 0.3 is 10.1 Å². The molecule has 0 saturated carbocycles. The maximum absolute atomic E-state index is 12.5. The van der Waals surface area contributed by atoms with Crippen molar-refractivity contribution in [1.82, 2.24) is 5.43 Å². The van der Waals surface area contributed by atoms with Crippen LogP contribution in [0.25, 0.3) is 0 Å². The maximum atomic E-state index is 12.5. The summed E-state index contributed by atoms with van der Waals surface area (Å²) in [5.74, 6) is -0.176. The van der Waals surface area contributed by atoms with E-state index in [4.69, 9.17) is 4.18 Å². The molecule has 3 aromatic rings. The SMILES string of the molecule is O=C(Cc1ccccc1)NN=Cc1ccccc1OS(=O)(=O)c1ccc(Br)cc1. The number of carbonyl (C=O) groups is 1. The van der Waals surface area contributed by atoms with Gasteiger partial charge in [0.2, 0.25) is 5.91 Å². The highest BCUT2D eigenvalue weighted by Crippen LogP contribution is 2.23. The first-order chi connectivity index (χ1) is 13.9. The van der Waals surface area contributed by atoms with Crippen molar-refractivity contribution in [3.8, 4) is 5.75 Å². The van der Waals surface area contributed by atoms with E-state index in [2.05, 4.69) is 26.5 Å². The van der Waals surface area contributed by atoms with Crippen LogP contribution in [0.4, 0.5) is 0 Å². The molecule has 0 unspecified atom stereocenters. The van der Waals surface area contributed by atoms with E-state index in [0.717, 1.165) is 10.0 Å². The van der Waals surface area contributed by atoms with E-state index in [-0.39, 0.29) is 23.0 Å². The Kier molecular flexibility index (Phi) is 6.79. The summed E-state index contributed by atoms with van der Waals surface area (Å²) >= 11 is 3.26. The monoisotopic (exact) mass is 472 g/mol. The smallest absolute Gasteiger partial charge is 0.339 e. The van der Waals surface area contributed by atoms with E-state index < -0.39 is 10.1 Å². The largest absolute Gasteiger partial charge is 0.378 e. The van der Waals surface area contributed by atoms with Crippen LogP contribution in [0, 0.1) is 0 Å². The molecule has 0 heterocycles. The summed E-state index contributed by atoms with van der Waals surface area (Å²) < 4.78 is 31.0. The standard InChI is InChI=1S/C21H17BrN2O4S/c22-18-10-12-19(13-11-18)29(26,27)28-20-9-5-4-8-17(20)15-23-24-21(25)14-16-6-2-1-3-7-16/h1-13,15H,14H2,(H,24,25). The predicted octanol–water partition coefficient (Wildman–Crippen LogP) is 3.91. The summed E-state index contributed by atoms with van der Waals surface area (Å²) in [7, 11) is -4.00. The van der Waals surface area contributed by atoms with E-state index in [0.29, 0.717) is 5.56 Å². The number of rotatable bonds is 7. The minimum Gasteiger partial charge on any atom is -0.378 e. The third-order valence-electron chi connectivity index (χ3n) is 3.82. The predicted molar refractivity (Wildman–Crippen MR) is 114 cm³/mol. The van der Waals surface area contributed by atoms with Gasteiger partial charge in [0, 0.05) is 10.0 Å². The molecule has 0 aliphatic heterocycles. The second-order valence-corrected chi connectivity index (χ2v) is 8.45. The van der Waals surface area contributed by atoms with Crippen molar-refractivity contribution in [2.45, 2.75) is 11.3 Å². The lowest BCUT2D eigenvalue weighted by atomic mass is 10.1. The lowest BCUT2D eigenvalue weighted by Gasteiger charge is -2.09. The maximum Gasteiger partial charge on any atom is 0.339 e. The fraction of sp³-hybridized carbons (Fsp3) is 0.0476. The molecule has 0 bridgehead atoms. The number of hydrogen-bond acceptors (Lipinski definition) is 5. The number of carbonyl (C=O) groups excluding carboxylic acids is 1. The molecular formula is C21H17BrN2O4S. The number of amides is 1. The van der Waals surface area contributed by atoms with Gasteiger partial charge in [-0.05, 0) is 42.0 Å². The molecule has 6 nitrogen and oxygen atoms in total. The quantitative estimate of drug-likeness (QED) is 0.321. The molecule has 148 valence electrons. The van der Waals surface area contributed by atoms with Crippen molar-refractivity contribution in [1.29, 1.82) is 0 Å². The second-order valence-electron chi connectivity index (χ2n) is 5.98. The Balaban J connectivity index is 1.69. The summed E-state index contributed by atoms with van der Waals surface area (Å²) in [4.78, 5) is 12.0. The van der Waals surface area contributed by atoms with Crippen LogP contribution in [-0.4, -0.2) is 20.5 Å². The highest BCUT2D eigenvalue weighted by atomic mass is 79.9. The number of hydrogen-bond donors (Lipinski definition) is 1. The first kappa shape index (κ1) is 20.8. The van der Waals surface area contributed by atoms with E-state index in [1.807, 2.05) is 30.3 Å². The Bertz CT molecular complexity index is 1110. The Morgan fingerprint density at radius 3 is 2.34 bits per heavy atom. The minimum absolute atomic E-state index is 0.0311. The number of hydrazone groups is 1. The van der Waals surface area contributed by atoms with Gasteiger partial charge in [0.05, 0.1) is 12.6 Å². The molecule has 0 radical (unpaired) electrons. The lowest BCUT2D eigenvalue weighted by Crippen LogP contribution is -2.19. The topological polar surface area (TPSA) is 84.8 Å². The van der Waals surface area contributed by atoms with Crippen molar-refractivity contribution >= 4 is 38.2 Å². The van der Waals surface area contributed by atoms with Crippen LogP contribution in [0.5, 0.6) is 5.75 Å². The Morgan fingerprint density at radius 2 is 1.62 bits per heavy atom. The van der Waals surface area contributed by atoms with Crippen LogP contribution in [0.15, 0.2) is 93.3 Å². The highest BCUT2D eigenvalue weighted by molar-refractivity contribution is 9.10. The zero-order chi connectivity index (χ0) is 20.7. The first-order valence-corrected chi connectivity index (χ1v) is 10.8. The van der Waals surface area contributed by atoms with Crippen molar-refractivity contribution in [2.24, 2.45) is 5.10 Å². The molecule has 3 rings (SSSR count). The van der Waals surface area contributed by atoms with Gasteiger partial charge in [-0.25, -0.2) is 5.43 Å². The Morgan fingerprint density at radius 1 is 0.966 bits per heavy atom. The lowest BCUT2D eigenvalue weighted by molar-refractivity contribution is -0.120. The van der Waals surface area contributed by atoms with Crippen LogP contribution in [0.2, 0.25) is 0 Å². The number of halogens is 1. The zero-order valence-corrected chi connectivity index (χ0v) is 17.6. The fourth-order valence-corrected chi connectivity index (χ4v) is 3.64. The van der Waals surface area contributed by atoms with E-state index in [1.165, 1.54) is 24.4 Å². The third kappa shape index (κ3) is 6.00. The van der Waals surface area contributed by atoms with Crippen molar-refractivity contribution in [3.05, 3.63) is 94.5 Å². The average molecular weight is 473 g/mol. The molecule has 0 saturated heterocycles. The third-order valence-corrected chi connectivity index (χ3v) is 5.60. The van der Waals surface area contributed by atoms with Gasteiger partial charge in [0.25, 0.3) is 0 Å². The van der Waals surface area contributed by atoms with Crippen LogP contribution in [0.3, 0.4) is 0 Å². The van der Waals surface area contributed by atoms with E-state index in [1.54, 1.807) is 30.3 Å². The van der Waals surface area contributed by atoms with Crippen LogP contribution >= 0.6 is 15.9 Å². The summed E-state index contributed by atoms with van der Waals surface area (Å²) in [5, 5.41) is 3.91. The normalized spacial score (nSPS) is 11.3. The van der Waals surface area contributed by atoms with Gasteiger partial charge in [-0.1, -0.05) is 58.4 Å². The number of nitrogens with zero attached hydrogens (tertiary/aromatic N) is 1. The van der Waals surface area contributed by atoms with Crippen molar-refractivity contribution in [2.75, 3.05) is 0 Å². The highest BCUT2D eigenvalue weighted by Gasteiger charge is 2.18. The van der Waals surface area contributed by atoms with Gasteiger partial charge in [-0.2, -0.15) is 13.5 Å². The molecular weight excluding hydrogens is 456 g/mol. The van der Waals surface area contributed by atoms with E-state index in [9.17, 15) is 13.2 Å². The Labute approximate surface area is 177 Å². The number of nitrogens with one attached hydrogen (secondary N) is 1. The molecule has 3 aromatic carbocycles. The van der Waals surface area contributed by atoms with Crippen LogP contribution in [-0.2, 0) is 21.3 Å². The molecule has 0 fully saturated rings. The van der Waals surface area contributed by atoms with Gasteiger partial charge in [0.1, 0.15) is 4.90 Å². The van der Waals surface area contributed by atoms with Crippen molar-refractivity contribution in [3.63, 3.8) is 0 Å². The molecule has 29 heavy (non-hydrogen) atoms. The minimum atomic E-state index is -4.00. The van der Waals surface area contributed by atoms with Gasteiger partial charge in [-0.3, -0.25) is 4.79 Å². The molecule has 0 aromatic heterocycles. The zero-order valence-electron chi connectivity index (χ0n) is 15.2. The molecule has 1 N–H and O–H groups in total. The van der Waals surface area contributed by atoms with Crippen molar-refractivity contribution < 1.29 is 17.4 Å². The van der Waals surface area contributed by atoms with Gasteiger partial charge < -0.3 is 4.18 Å². The summed E-state index contributed by atoms with van der Waals surface area (Å²) in [6, 6.07) is 21.9. The summed E-state index contributed by atoms with van der Waals surface area (Å²) in [5.41, 5.74) is 3.70. The second kappa shape index (κ2) is 9.49. The summed E-state index contributed by atoms with van der Waals surface area (Å²) in [6.07, 6.45) is 1.53. The first-order valence-electron chi connectivity index (χ1n) is 8.59. The molecule has 0 spiro atoms. The summed E-state index contributed by atoms with van der Waals surface area (Å²) in [6.45, 7) is 0. The molecule has 0 atom stereocenters. The van der Waals surface area contributed by atoms with Gasteiger partial charge in [0.15, 0.2) is 5.75 Å². The van der Waals surface area contributed by atoms with E-state index >= 15 is 0 Å². The molecule has 8 heteroatoms.